The minimum absolute atomic E-state index is 0.0877. The highest BCUT2D eigenvalue weighted by Crippen LogP contribution is 2.36. The number of carbonyl (C=O) groups excluding carboxylic acids is 2. The summed E-state index contributed by atoms with van der Waals surface area (Å²) in [4.78, 5) is 27.7. The smallest absolute Gasteiger partial charge is 0.410 e. The van der Waals surface area contributed by atoms with Crippen LogP contribution in [0.1, 0.15) is 29.5 Å². The molecule has 0 saturated carbocycles. The maximum atomic E-state index is 13.4. The van der Waals surface area contributed by atoms with Gasteiger partial charge in [0.1, 0.15) is 12.4 Å². The van der Waals surface area contributed by atoms with Gasteiger partial charge in [0.2, 0.25) is 5.91 Å². The van der Waals surface area contributed by atoms with E-state index in [4.69, 9.17) is 4.74 Å². The van der Waals surface area contributed by atoms with E-state index in [1.807, 2.05) is 60.7 Å². The van der Waals surface area contributed by atoms with Crippen LogP contribution >= 0.6 is 0 Å². The van der Waals surface area contributed by atoms with Crippen LogP contribution in [0.25, 0.3) is 0 Å². The van der Waals surface area contributed by atoms with Crippen molar-refractivity contribution in [3.8, 4) is 0 Å². The number of rotatable bonds is 6. The standard InChI is InChI=1S/C27H27FN2O3/c28-24-13-11-21(12-14-24)19-29-25(31)27(23-9-5-2-6-10-23)15-17-30(18-16-27)26(32)33-20-22-7-3-1-4-8-22/h1-14H,15-20H2,(H,29,31). The molecule has 3 aromatic rings. The fourth-order valence-electron chi connectivity index (χ4n) is 4.24. The van der Waals surface area contributed by atoms with Gasteiger partial charge in [-0.1, -0.05) is 72.8 Å². The molecule has 1 saturated heterocycles. The highest BCUT2D eigenvalue weighted by Gasteiger charge is 2.43. The maximum absolute atomic E-state index is 13.4. The van der Waals surface area contributed by atoms with Crippen molar-refractivity contribution >= 4 is 12.0 Å². The van der Waals surface area contributed by atoms with E-state index in [9.17, 15) is 14.0 Å². The van der Waals surface area contributed by atoms with E-state index in [1.165, 1.54) is 12.1 Å². The average molecular weight is 447 g/mol. The third kappa shape index (κ3) is 5.40. The molecule has 1 aliphatic heterocycles. The minimum Gasteiger partial charge on any atom is -0.445 e. The predicted molar refractivity (Wildman–Crippen MR) is 124 cm³/mol. The lowest BCUT2D eigenvalue weighted by Crippen LogP contribution is -2.52. The lowest BCUT2D eigenvalue weighted by atomic mass is 9.72. The van der Waals surface area contributed by atoms with Gasteiger partial charge in [0.05, 0.1) is 5.41 Å². The van der Waals surface area contributed by atoms with Crippen molar-refractivity contribution in [3.05, 3.63) is 107 Å². The van der Waals surface area contributed by atoms with Gasteiger partial charge in [-0.05, 0) is 41.7 Å². The molecule has 0 bridgehead atoms. The molecule has 33 heavy (non-hydrogen) atoms. The van der Waals surface area contributed by atoms with E-state index in [-0.39, 0.29) is 24.4 Å². The monoisotopic (exact) mass is 446 g/mol. The number of likely N-dealkylation sites (tertiary alicyclic amines) is 1. The number of ether oxygens (including phenoxy) is 1. The van der Waals surface area contributed by atoms with Crippen molar-refractivity contribution in [3.63, 3.8) is 0 Å². The van der Waals surface area contributed by atoms with Gasteiger partial charge in [-0.15, -0.1) is 0 Å². The van der Waals surface area contributed by atoms with E-state index in [0.29, 0.717) is 32.5 Å². The molecule has 0 unspecified atom stereocenters. The molecule has 5 nitrogen and oxygen atoms in total. The number of nitrogens with zero attached hydrogens (tertiary/aromatic N) is 1. The molecular formula is C27H27FN2O3. The summed E-state index contributed by atoms with van der Waals surface area (Å²) in [6, 6.07) is 25.3. The number of hydrogen-bond acceptors (Lipinski definition) is 3. The number of nitrogens with one attached hydrogen (secondary N) is 1. The van der Waals surface area contributed by atoms with Crippen LogP contribution in [0.15, 0.2) is 84.9 Å². The summed E-state index contributed by atoms with van der Waals surface area (Å²) in [6.45, 7) is 1.38. The average Bonchev–Trinajstić information content (AvgIpc) is 2.88. The Morgan fingerprint density at radius 2 is 1.45 bits per heavy atom. The van der Waals surface area contributed by atoms with Gasteiger partial charge in [-0.3, -0.25) is 4.79 Å². The van der Waals surface area contributed by atoms with E-state index in [2.05, 4.69) is 5.32 Å². The molecule has 0 aromatic heterocycles. The maximum Gasteiger partial charge on any atom is 0.410 e. The molecule has 6 heteroatoms. The van der Waals surface area contributed by atoms with Crippen LogP contribution in [0.4, 0.5) is 9.18 Å². The summed E-state index contributed by atoms with van der Waals surface area (Å²) in [7, 11) is 0. The van der Waals surface area contributed by atoms with E-state index in [1.54, 1.807) is 17.0 Å². The number of carbonyl (C=O) groups is 2. The number of benzene rings is 3. The second kappa shape index (κ2) is 10.3. The second-order valence-electron chi connectivity index (χ2n) is 8.28. The summed E-state index contributed by atoms with van der Waals surface area (Å²) in [5, 5.41) is 3.02. The first-order chi connectivity index (χ1) is 16.1. The molecule has 0 radical (unpaired) electrons. The van der Waals surface area contributed by atoms with Crippen LogP contribution < -0.4 is 5.32 Å². The van der Waals surface area contributed by atoms with Crippen LogP contribution in [0.3, 0.4) is 0 Å². The first-order valence-corrected chi connectivity index (χ1v) is 11.1. The summed E-state index contributed by atoms with van der Waals surface area (Å²) in [5.74, 6) is -0.396. The Morgan fingerprint density at radius 3 is 2.09 bits per heavy atom. The van der Waals surface area contributed by atoms with Gasteiger partial charge in [-0.25, -0.2) is 9.18 Å². The van der Waals surface area contributed by atoms with Crippen molar-refractivity contribution in [2.45, 2.75) is 31.4 Å². The van der Waals surface area contributed by atoms with Crippen LogP contribution in [-0.4, -0.2) is 30.0 Å². The molecule has 3 aromatic carbocycles. The van der Waals surface area contributed by atoms with Gasteiger partial charge < -0.3 is 15.0 Å². The van der Waals surface area contributed by atoms with E-state index >= 15 is 0 Å². The van der Waals surface area contributed by atoms with Crippen molar-refractivity contribution in [2.24, 2.45) is 0 Å². The number of hydrogen-bond donors (Lipinski definition) is 1. The van der Waals surface area contributed by atoms with Crippen molar-refractivity contribution in [2.75, 3.05) is 13.1 Å². The molecule has 1 N–H and O–H groups in total. The SMILES string of the molecule is O=C(OCc1ccccc1)N1CCC(C(=O)NCc2ccc(F)cc2)(c2ccccc2)CC1. The Morgan fingerprint density at radius 1 is 0.848 bits per heavy atom. The summed E-state index contributed by atoms with van der Waals surface area (Å²) in [6.07, 6.45) is 0.617. The Kier molecular flexibility index (Phi) is 7.03. The first kappa shape index (κ1) is 22.5. The fourth-order valence-corrected chi connectivity index (χ4v) is 4.24. The Balaban J connectivity index is 1.42. The molecule has 1 heterocycles. The Labute approximate surface area is 193 Å². The predicted octanol–water partition coefficient (Wildman–Crippen LogP) is 4.81. The molecule has 1 aliphatic rings. The molecule has 0 atom stereocenters. The fraction of sp³-hybridized carbons (Fsp3) is 0.259. The van der Waals surface area contributed by atoms with Crippen LogP contribution in [0.2, 0.25) is 0 Å². The topological polar surface area (TPSA) is 58.6 Å². The van der Waals surface area contributed by atoms with Crippen molar-refractivity contribution in [1.82, 2.24) is 10.2 Å². The molecule has 2 amide bonds. The largest absolute Gasteiger partial charge is 0.445 e. The van der Waals surface area contributed by atoms with Crippen molar-refractivity contribution < 1.29 is 18.7 Å². The van der Waals surface area contributed by atoms with Crippen molar-refractivity contribution in [1.29, 1.82) is 0 Å². The van der Waals surface area contributed by atoms with Gasteiger partial charge in [0.25, 0.3) is 0 Å². The van der Waals surface area contributed by atoms with Crippen LogP contribution in [0, 0.1) is 5.82 Å². The molecule has 4 rings (SSSR count). The highest BCUT2D eigenvalue weighted by atomic mass is 19.1. The van der Waals surface area contributed by atoms with Gasteiger partial charge >= 0.3 is 6.09 Å². The molecule has 170 valence electrons. The third-order valence-corrected chi connectivity index (χ3v) is 6.21. The van der Waals surface area contributed by atoms with Gasteiger partial charge in [-0.2, -0.15) is 0 Å². The third-order valence-electron chi connectivity index (χ3n) is 6.21. The number of halogens is 1. The van der Waals surface area contributed by atoms with E-state index < -0.39 is 5.41 Å². The molecule has 1 fully saturated rings. The minimum atomic E-state index is -0.739. The quantitative estimate of drug-likeness (QED) is 0.591. The highest BCUT2D eigenvalue weighted by molar-refractivity contribution is 5.88. The second-order valence-corrected chi connectivity index (χ2v) is 8.28. The zero-order valence-electron chi connectivity index (χ0n) is 18.4. The Hall–Kier alpha value is -3.67. The van der Waals surface area contributed by atoms with Gasteiger partial charge in [0, 0.05) is 19.6 Å². The zero-order valence-corrected chi connectivity index (χ0v) is 18.4. The molecule has 0 aliphatic carbocycles. The summed E-state index contributed by atoms with van der Waals surface area (Å²) < 4.78 is 18.7. The molecule has 0 spiro atoms. The summed E-state index contributed by atoms with van der Waals surface area (Å²) in [5.41, 5.74) is 1.95. The normalized spacial score (nSPS) is 15.0. The number of piperidine rings is 1. The van der Waals surface area contributed by atoms with Crippen LogP contribution in [-0.2, 0) is 28.1 Å². The Bertz CT molecular complexity index is 1060. The lowest BCUT2D eigenvalue weighted by Gasteiger charge is -2.40. The van der Waals surface area contributed by atoms with E-state index in [0.717, 1.165) is 16.7 Å². The van der Waals surface area contributed by atoms with Gasteiger partial charge in [0.15, 0.2) is 0 Å². The lowest BCUT2D eigenvalue weighted by molar-refractivity contribution is -0.128. The zero-order chi connectivity index (χ0) is 23.1. The molecular weight excluding hydrogens is 419 g/mol. The van der Waals surface area contributed by atoms with Crippen LogP contribution in [0.5, 0.6) is 0 Å². The summed E-state index contributed by atoms with van der Waals surface area (Å²) >= 11 is 0. The number of amides is 2. The first-order valence-electron chi connectivity index (χ1n) is 11.1.